The predicted molar refractivity (Wildman–Crippen MR) is 115 cm³/mol. The van der Waals surface area contributed by atoms with Crippen molar-refractivity contribution in [2.75, 3.05) is 13.7 Å². The van der Waals surface area contributed by atoms with E-state index in [-0.39, 0.29) is 11.7 Å². The molecular weight excluding hydrogens is 397 g/mol. The van der Waals surface area contributed by atoms with E-state index >= 15 is 0 Å². The van der Waals surface area contributed by atoms with Gasteiger partial charge in [0.25, 0.3) is 0 Å². The molecule has 0 saturated carbocycles. The van der Waals surface area contributed by atoms with Crippen LogP contribution in [0.15, 0.2) is 48.8 Å². The lowest BCUT2D eigenvalue weighted by atomic mass is 9.84. The van der Waals surface area contributed by atoms with Crippen molar-refractivity contribution in [3.05, 3.63) is 76.9 Å². The summed E-state index contributed by atoms with van der Waals surface area (Å²) in [4.78, 5) is 15.6. The van der Waals surface area contributed by atoms with Gasteiger partial charge < -0.3 is 14.6 Å². The Labute approximate surface area is 180 Å². The van der Waals surface area contributed by atoms with Gasteiger partial charge in [0.2, 0.25) is 0 Å². The summed E-state index contributed by atoms with van der Waals surface area (Å²) in [5.41, 5.74) is 4.64. The van der Waals surface area contributed by atoms with Crippen molar-refractivity contribution in [3.63, 3.8) is 0 Å². The summed E-state index contributed by atoms with van der Waals surface area (Å²) in [6, 6.07) is 10.0. The van der Waals surface area contributed by atoms with Crippen molar-refractivity contribution in [1.29, 1.82) is 0 Å². The van der Waals surface area contributed by atoms with Crippen LogP contribution in [0.1, 0.15) is 45.8 Å². The molecule has 0 unspecified atom stereocenters. The zero-order valence-corrected chi connectivity index (χ0v) is 17.5. The number of fused-ring (bicyclic) bond motifs is 1. The molecule has 4 rings (SSSR count). The van der Waals surface area contributed by atoms with Crippen molar-refractivity contribution in [1.82, 2.24) is 4.98 Å². The van der Waals surface area contributed by atoms with Crippen molar-refractivity contribution in [3.8, 4) is 22.6 Å². The number of carboxylic acid groups (broad SMARTS) is 1. The highest BCUT2D eigenvalue weighted by Crippen LogP contribution is 2.44. The zero-order chi connectivity index (χ0) is 22.0. The van der Waals surface area contributed by atoms with Gasteiger partial charge in [0.05, 0.1) is 19.3 Å². The topological polar surface area (TPSA) is 68.7 Å². The zero-order valence-electron chi connectivity index (χ0n) is 17.5. The second-order valence-electron chi connectivity index (χ2n) is 7.71. The van der Waals surface area contributed by atoms with Gasteiger partial charge in [-0.2, -0.15) is 0 Å². The Bertz CT molecular complexity index is 1130. The molecule has 2 heterocycles. The van der Waals surface area contributed by atoms with Crippen molar-refractivity contribution < 1.29 is 23.8 Å². The first-order valence-corrected chi connectivity index (χ1v) is 10.3. The van der Waals surface area contributed by atoms with Crippen molar-refractivity contribution in [2.24, 2.45) is 0 Å². The van der Waals surface area contributed by atoms with E-state index in [1.165, 1.54) is 18.3 Å². The van der Waals surface area contributed by atoms with Crippen LogP contribution >= 0.6 is 0 Å². The largest absolute Gasteiger partial charge is 0.496 e. The van der Waals surface area contributed by atoms with Gasteiger partial charge in [0.1, 0.15) is 17.3 Å². The number of nitrogens with zero attached hydrogens (tertiary/aromatic N) is 1. The maximum Gasteiger partial charge on any atom is 0.336 e. The fraction of sp³-hybridized carbons (Fsp3) is 0.280. The predicted octanol–water partition coefficient (Wildman–Crippen LogP) is 5.40. The number of methoxy groups -OCH3 is 1. The Balaban J connectivity index is 1.64. The second-order valence-corrected chi connectivity index (χ2v) is 7.71. The van der Waals surface area contributed by atoms with Gasteiger partial charge in [-0.25, -0.2) is 9.18 Å². The van der Waals surface area contributed by atoms with Crippen LogP contribution in [0.25, 0.3) is 11.1 Å². The third-order valence-corrected chi connectivity index (χ3v) is 5.94. The van der Waals surface area contributed by atoms with Gasteiger partial charge in [-0.15, -0.1) is 0 Å². The molecule has 0 amide bonds. The SMILES string of the molecule is COc1ccc(F)cc1-c1ccc2c(c1C)OCC[C@H]2CCc1cnccc1C(=O)O. The summed E-state index contributed by atoms with van der Waals surface area (Å²) < 4.78 is 25.4. The van der Waals surface area contributed by atoms with Crippen LogP contribution < -0.4 is 9.47 Å². The number of aromatic nitrogens is 1. The van der Waals surface area contributed by atoms with Crippen molar-refractivity contribution in [2.45, 2.75) is 32.1 Å². The average molecular weight is 421 g/mol. The molecule has 0 bridgehead atoms. The summed E-state index contributed by atoms with van der Waals surface area (Å²) in [5.74, 6) is 0.416. The minimum atomic E-state index is -0.936. The number of rotatable bonds is 6. The van der Waals surface area contributed by atoms with Gasteiger partial charge in [0, 0.05) is 18.0 Å². The first kappa shape index (κ1) is 20.8. The Morgan fingerprint density at radius 3 is 2.87 bits per heavy atom. The molecule has 1 N–H and O–H groups in total. The highest BCUT2D eigenvalue weighted by atomic mass is 19.1. The fourth-order valence-corrected chi connectivity index (χ4v) is 4.33. The number of aromatic carboxylic acids is 1. The number of carbonyl (C=O) groups is 1. The lowest BCUT2D eigenvalue weighted by Crippen LogP contribution is -2.16. The number of aryl methyl sites for hydroxylation is 1. The average Bonchev–Trinajstić information content (AvgIpc) is 2.78. The van der Waals surface area contributed by atoms with E-state index < -0.39 is 5.97 Å². The Morgan fingerprint density at radius 2 is 2.10 bits per heavy atom. The summed E-state index contributed by atoms with van der Waals surface area (Å²) in [5, 5.41) is 9.41. The van der Waals surface area contributed by atoms with Crippen LogP contribution in [0.3, 0.4) is 0 Å². The molecule has 0 aliphatic carbocycles. The van der Waals surface area contributed by atoms with E-state index in [1.807, 2.05) is 19.1 Å². The third kappa shape index (κ3) is 4.10. The molecule has 1 aliphatic heterocycles. The molecule has 1 aromatic heterocycles. The van der Waals surface area contributed by atoms with Crippen LogP contribution in [0.2, 0.25) is 0 Å². The summed E-state index contributed by atoms with van der Waals surface area (Å²) in [6.07, 6.45) is 5.41. The Kier molecular flexibility index (Phi) is 5.89. The first-order chi connectivity index (χ1) is 15.0. The van der Waals surface area contributed by atoms with E-state index in [2.05, 4.69) is 4.98 Å². The van der Waals surface area contributed by atoms with Crippen LogP contribution in [0.4, 0.5) is 4.39 Å². The number of halogens is 1. The molecule has 0 spiro atoms. The molecule has 1 aliphatic rings. The molecule has 160 valence electrons. The molecule has 2 aromatic carbocycles. The molecule has 1 atom stereocenters. The minimum absolute atomic E-state index is 0.243. The molecule has 3 aromatic rings. The highest BCUT2D eigenvalue weighted by molar-refractivity contribution is 5.89. The van der Waals surface area contributed by atoms with Gasteiger partial charge in [-0.05, 0) is 78.6 Å². The minimum Gasteiger partial charge on any atom is -0.496 e. The molecule has 0 saturated heterocycles. The lowest BCUT2D eigenvalue weighted by molar-refractivity contribution is 0.0695. The molecule has 31 heavy (non-hydrogen) atoms. The Hall–Kier alpha value is -3.41. The number of hydrogen-bond donors (Lipinski definition) is 1. The molecule has 5 nitrogen and oxygen atoms in total. The molecule has 6 heteroatoms. The highest BCUT2D eigenvalue weighted by Gasteiger charge is 2.25. The maximum atomic E-state index is 13.9. The second kappa shape index (κ2) is 8.76. The van der Waals surface area contributed by atoms with Crippen LogP contribution in [0.5, 0.6) is 11.5 Å². The number of hydrogen-bond acceptors (Lipinski definition) is 4. The monoisotopic (exact) mass is 421 g/mol. The van der Waals surface area contributed by atoms with Gasteiger partial charge in [-0.1, -0.05) is 12.1 Å². The van der Waals surface area contributed by atoms with E-state index in [9.17, 15) is 14.3 Å². The van der Waals surface area contributed by atoms with E-state index in [0.29, 0.717) is 29.9 Å². The van der Waals surface area contributed by atoms with Crippen molar-refractivity contribution >= 4 is 5.97 Å². The Morgan fingerprint density at radius 1 is 1.26 bits per heavy atom. The molecular formula is C25H24FNO4. The summed E-state index contributed by atoms with van der Waals surface area (Å²) in [7, 11) is 1.57. The molecule has 0 radical (unpaired) electrons. The lowest BCUT2D eigenvalue weighted by Gasteiger charge is -2.28. The fourth-order valence-electron chi connectivity index (χ4n) is 4.33. The van der Waals surface area contributed by atoms with Gasteiger partial charge in [0.15, 0.2) is 0 Å². The number of pyridine rings is 1. The number of carboxylic acids is 1. The standard InChI is InChI=1S/C25H24FNO4/c1-15-19(22-13-18(26)5-8-23(22)30-2)6-7-20-16(10-12-31-24(15)20)3-4-17-14-27-11-9-21(17)25(28)29/h5-9,11,13-14,16H,3-4,10,12H2,1-2H3,(H,28,29)/t16-/m1/s1. The molecule has 0 fully saturated rings. The van der Waals surface area contributed by atoms with Crippen LogP contribution in [0, 0.1) is 12.7 Å². The quantitative estimate of drug-likeness (QED) is 0.577. The van der Waals surface area contributed by atoms with Crippen LogP contribution in [-0.4, -0.2) is 29.8 Å². The normalized spacial score (nSPS) is 15.1. The van der Waals surface area contributed by atoms with E-state index in [0.717, 1.165) is 40.8 Å². The maximum absolute atomic E-state index is 13.9. The van der Waals surface area contributed by atoms with E-state index in [1.54, 1.807) is 25.4 Å². The van der Waals surface area contributed by atoms with E-state index in [4.69, 9.17) is 9.47 Å². The number of benzene rings is 2. The smallest absolute Gasteiger partial charge is 0.336 e. The van der Waals surface area contributed by atoms with Crippen LogP contribution in [-0.2, 0) is 6.42 Å². The number of ether oxygens (including phenoxy) is 2. The third-order valence-electron chi connectivity index (χ3n) is 5.94. The van der Waals surface area contributed by atoms with Gasteiger partial charge in [-0.3, -0.25) is 4.98 Å². The first-order valence-electron chi connectivity index (χ1n) is 10.3. The summed E-state index contributed by atoms with van der Waals surface area (Å²) in [6.45, 7) is 2.56. The van der Waals surface area contributed by atoms with Gasteiger partial charge >= 0.3 is 5.97 Å². The summed E-state index contributed by atoms with van der Waals surface area (Å²) >= 11 is 0.